The molecule has 0 aliphatic carbocycles. The molecule has 0 aliphatic heterocycles. The Morgan fingerprint density at radius 1 is 1.00 bits per heavy atom. The summed E-state index contributed by atoms with van der Waals surface area (Å²) in [6.07, 6.45) is 1.82. The van der Waals surface area contributed by atoms with Crippen LogP contribution in [-0.4, -0.2) is 20.1 Å². The third kappa shape index (κ3) is 4.16. The molecule has 1 amide bonds. The molecule has 0 fully saturated rings. The maximum atomic E-state index is 12.4. The molecule has 1 N–H and O–H groups in total. The van der Waals surface area contributed by atoms with Crippen LogP contribution in [0.1, 0.15) is 23.6 Å². The highest BCUT2D eigenvalue weighted by Crippen LogP contribution is 2.28. The van der Waals surface area contributed by atoms with Gasteiger partial charge in [0.2, 0.25) is 0 Å². The monoisotopic (exact) mass is 325 g/mol. The Bertz CT molecular complexity index is 778. The van der Waals surface area contributed by atoms with Crippen molar-refractivity contribution in [2.24, 2.45) is 0 Å². The largest absolute Gasteiger partial charge is 0.493 e. The minimum atomic E-state index is -0.128. The molecule has 0 spiro atoms. The maximum Gasteiger partial charge on any atom is 0.251 e. The van der Waals surface area contributed by atoms with Crippen molar-refractivity contribution in [1.29, 1.82) is 0 Å². The lowest BCUT2D eigenvalue weighted by Crippen LogP contribution is -2.13. The van der Waals surface area contributed by atoms with Gasteiger partial charge in [0.1, 0.15) is 0 Å². The van der Waals surface area contributed by atoms with E-state index < -0.39 is 0 Å². The summed E-state index contributed by atoms with van der Waals surface area (Å²) in [5.41, 5.74) is 4.53. The molecule has 126 valence electrons. The second-order valence-corrected chi connectivity index (χ2v) is 5.71. The van der Waals surface area contributed by atoms with Gasteiger partial charge in [-0.2, -0.15) is 0 Å². The van der Waals surface area contributed by atoms with Crippen LogP contribution in [0.2, 0.25) is 0 Å². The molecule has 0 aromatic heterocycles. The number of nitrogens with one attached hydrogen (secondary N) is 1. The topological polar surface area (TPSA) is 47.6 Å². The summed E-state index contributed by atoms with van der Waals surface area (Å²) >= 11 is 0. The highest BCUT2D eigenvalue weighted by Gasteiger charge is 2.08. The Balaban J connectivity index is 2.19. The molecule has 24 heavy (non-hydrogen) atoms. The van der Waals surface area contributed by atoms with Gasteiger partial charge >= 0.3 is 0 Å². The number of hydrogen-bond donors (Lipinski definition) is 1. The van der Waals surface area contributed by atoms with Crippen LogP contribution in [-0.2, 0) is 4.79 Å². The third-order valence-corrected chi connectivity index (χ3v) is 3.78. The van der Waals surface area contributed by atoms with Crippen molar-refractivity contribution in [2.75, 3.05) is 19.5 Å². The summed E-state index contributed by atoms with van der Waals surface area (Å²) in [5, 5.41) is 2.95. The van der Waals surface area contributed by atoms with E-state index in [9.17, 15) is 4.79 Å². The fourth-order valence-corrected chi connectivity index (χ4v) is 2.43. The number of hydrogen-bond acceptors (Lipinski definition) is 3. The lowest BCUT2D eigenvalue weighted by atomic mass is 10.1. The Morgan fingerprint density at radius 2 is 1.71 bits per heavy atom. The number of amides is 1. The van der Waals surface area contributed by atoms with Crippen LogP contribution in [0.15, 0.2) is 42.0 Å². The summed E-state index contributed by atoms with van der Waals surface area (Å²) in [6, 6.07) is 11.5. The molecule has 4 nitrogen and oxygen atoms in total. The molecule has 0 unspecified atom stereocenters. The molecular formula is C20H23NO3. The van der Waals surface area contributed by atoms with Gasteiger partial charge in [-0.05, 0) is 56.2 Å². The van der Waals surface area contributed by atoms with Crippen LogP contribution in [0, 0.1) is 13.8 Å². The van der Waals surface area contributed by atoms with E-state index >= 15 is 0 Å². The normalized spacial score (nSPS) is 11.1. The molecule has 0 aliphatic rings. The van der Waals surface area contributed by atoms with Crippen molar-refractivity contribution in [3.05, 3.63) is 58.7 Å². The molecule has 0 saturated carbocycles. The predicted octanol–water partition coefficient (Wildman–Crippen LogP) is 4.36. The van der Waals surface area contributed by atoms with E-state index in [-0.39, 0.29) is 5.91 Å². The lowest BCUT2D eigenvalue weighted by molar-refractivity contribution is -0.112. The molecular weight excluding hydrogens is 302 g/mol. The fourth-order valence-electron chi connectivity index (χ4n) is 2.43. The first-order valence-corrected chi connectivity index (χ1v) is 7.73. The minimum Gasteiger partial charge on any atom is -0.493 e. The van der Waals surface area contributed by atoms with E-state index in [1.807, 2.05) is 56.3 Å². The average Bonchev–Trinajstić information content (AvgIpc) is 2.57. The minimum absolute atomic E-state index is 0.128. The van der Waals surface area contributed by atoms with Crippen molar-refractivity contribution in [1.82, 2.24) is 0 Å². The molecule has 0 heterocycles. The van der Waals surface area contributed by atoms with E-state index in [1.165, 1.54) is 5.56 Å². The number of carbonyl (C=O) groups is 1. The number of ether oxygens (including phenoxy) is 2. The first-order valence-electron chi connectivity index (χ1n) is 7.73. The van der Waals surface area contributed by atoms with Gasteiger partial charge in [-0.15, -0.1) is 0 Å². The number of benzene rings is 2. The quantitative estimate of drug-likeness (QED) is 0.831. The van der Waals surface area contributed by atoms with E-state index in [1.54, 1.807) is 21.1 Å². The van der Waals surface area contributed by atoms with Gasteiger partial charge in [0, 0.05) is 11.3 Å². The van der Waals surface area contributed by atoms with E-state index in [0.29, 0.717) is 17.1 Å². The molecule has 0 atom stereocenters. The van der Waals surface area contributed by atoms with Crippen LogP contribution in [0.5, 0.6) is 11.5 Å². The standard InChI is InChI=1S/C20H23NO3/c1-13-6-8-17(14(2)10-13)21-20(22)15(3)11-16-7-9-18(23-4)19(12-16)24-5/h6-12H,1-5H3,(H,21,22)/b15-11+. The number of aryl methyl sites for hydroxylation is 2. The third-order valence-electron chi connectivity index (χ3n) is 3.78. The fraction of sp³-hybridized carbons (Fsp3) is 0.250. The van der Waals surface area contributed by atoms with Gasteiger partial charge in [0.25, 0.3) is 5.91 Å². The van der Waals surface area contributed by atoms with E-state index in [2.05, 4.69) is 5.32 Å². The first-order chi connectivity index (χ1) is 11.4. The Morgan fingerprint density at radius 3 is 2.33 bits per heavy atom. The molecule has 2 rings (SSSR count). The number of carbonyl (C=O) groups excluding carboxylic acids is 1. The van der Waals surface area contributed by atoms with E-state index in [4.69, 9.17) is 9.47 Å². The second-order valence-electron chi connectivity index (χ2n) is 5.71. The van der Waals surface area contributed by atoms with Crippen LogP contribution in [0.4, 0.5) is 5.69 Å². The summed E-state index contributed by atoms with van der Waals surface area (Å²) in [7, 11) is 3.18. The van der Waals surface area contributed by atoms with Crippen LogP contribution < -0.4 is 14.8 Å². The van der Waals surface area contributed by atoms with Gasteiger partial charge in [0.05, 0.1) is 14.2 Å². The zero-order chi connectivity index (χ0) is 17.7. The first kappa shape index (κ1) is 17.6. The molecule has 2 aromatic rings. The Hall–Kier alpha value is -2.75. The predicted molar refractivity (Wildman–Crippen MR) is 97.7 cm³/mol. The molecule has 2 aromatic carbocycles. The number of rotatable bonds is 5. The number of methoxy groups -OCH3 is 2. The smallest absolute Gasteiger partial charge is 0.251 e. The van der Waals surface area contributed by atoms with Crippen LogP contribution in [0.25, 0.3) is 6.08 Å². The number of anilines is 1. The van der Waals surface area contributed by atoms with Gasteiger partial charge < -0.3 is 14.8 Å². The zero-order valence-electron chi connectivity index (χ0n) is 14.8. The van der Waals surface area contributed by atoms with Crippen molar-refractivity contribution in [2.45, 2.75) is 20.8 Å². The van der Waals surface area contributed by atoms with Gasteiger partial charge in [0.15, 0.2) is 11.5 Å². The maximum absolute atomic E-state index is 12.4. The van der Waals surface area contributed by atoms with Crippen LogP contribution >= 0.6 is 0 Å². The second kappa shape index (κ2) is 7.68. The zero-order valence-corrected chi connectivity index (χ0v) is 14.8. The average molecular weight is 325 g/mol. The Labute approximate surface area is 143 Å². The van der Waals surface area contributed by atoms with Crippen molar-refractivity contribution >= 4 is 17.7 Å². The SMILES string of the molecule is COc1ccc(/C=C(\C)C(=O)Nc2ccc(C)cc2C)cc1OC. The van der Waals surface area contributed by atoms with Gasteiger partial charge in [-0.25, -0.2) is 0 Å². The molecule has 0 bridgehead atoms. The van der Waals surface area contributed by atoms with E-state index in [0.717, 1.165) is 16.8 Å². The van der Waals surface area contributed by atoms with Crippen molar-refractivity contribution < 1.29 is 14.3 Å². The van der Waals surface area contributed by atoms with Gasteiger partial charge in [-0.1, -0.05) is 23.8 Å². The van der Waals surface area contributed by atoms with Gasteiger partial charge in [-0.3, -0.25) is 4.79 Å². The highest BCUT2D eigenvalue weighted by atomic mass is 16.5. The molecule has 4 heteroatoms. The Kier molecular flexibility index (Phi) is 5.64. The summed E-state index contributed by atoms with van der Waals surface area (Å²) in [5.74, 6) is 1.16. The molecule has 0 radical (unpaired) electrons. The summed E-state index contributed by atoms with van der Waals surface area (Å²) in [6.45, 7) is 5.80. The summed E-state index contributed by atoms with van der Waals surface area (Å²) < 4.78 is 10.5. The van der Waals surface area contributed by atoms with Crippen molar-refractivity contribution in [3.8, 4) is 11.5 Å². The lowest BCUT2D eigenvalue weighted by Gasteiger charge is -2.10. The van der Waals surface area contributed by atoms with Crippen LogP contribution in [0.3, 0.4) is 0 Å². The molecule has 0 saturated heterocycles. The van der Waals surface area contributed by atoms with Crippen molar-refractivity contribution in [3.63, 3.8) is 0 Å². The summed E-state index contributed by atoms with van der Waals surface area (Å²) in [4.78, 5) is 12.4. The highest BCUT2D eigenvalue weighted by molar-refractivity contribution is 6.06.